The fourth-order valence-corrected chi connectivity index (χ4v) is 6.25. The van der Waals surface area contributed by atoms with Crippen LogP contribution in [0.2, 0.25) is 0 Å². The van der Waals surface area contributed by atoms with Crippen LogP contribution < -0.4 is 5.73 Å². The highest BCUT2D eigenvalue weighted by Crippen LogP contribution is 2.34. The van der Waals surface area contributed by atoms with Crippen molar-refractivity contribution in [2.45, 2.75) is 37.1 Å². The Balaban J connectivity index is 2.17. The average Bonchev–Trinajstić information content (AvgIpc) is 2.98. The summed E-state index contributed by atoms with van der Waals surface area (Å²) in [6.45, 7) is 0.980. The zero-order valence-corrected chi connectivity index (χ0v) is 14.2. The minimum atomic E-state index is -3.41. The Morgan fingerprint density at radius 2 is 2.11 bits per heavy atom. The smallest absolute Gasteiger partial charge is 0.244 e. The normalized spacial score (nSPS) is 17.5. The summed E-state index contributed by atoms with van der Waals surface area (Å²) in [5.41, 5.74) is 5.56. The van der Waals surface area contributed by atoms with Gasteiger partial charge in [0, 0.05) is 25.0 Å². The predicted octanol–water partition coefficient (Wildman–Crippen LogP) is 2.78. The number of nitrogens with two attached hydrogens (primary N) is 1. The van der Waals surface area contributed by atoms with Gasteiger partial charge < -0.3 is 5.73 Å². The van der Waals surface area contributed by atoms with Gasteiger partial charge in [-0.1, -0.05) is 12.8 Å². The molecule has 0 bridgehead atoms. The topological polar surface area (TPSA) is 63.4 Å². The second-order valence-corrected chi connectivity index (χ2v) is 9.46. The molecule has 108 valence electrons. The maximum absolute atomic E-state index is 12.5. The summed E-state index contributed by atoms with van der Waals surface area (Å²) in [4.78, 5) is 1.22. The standard InChI is InChI=1S/C12H19BrN2O2S2/c1-15(8-9-4-2-3-5-9)19(16,17)11-6-10(7-14)18-12(11)13/h6,9H,2-5,7-8,14H2,1H3. The largest absolute Gasteiger partial charge is 0.326 e. The summed E-state index contributed by atoms with van der Waals surface area (Å²) >= 11 is 4.72. The molecular formula is C12H19BrN2O2S2. The molecule has 7 heteroatoms. The van der Waals surface area contributed by atoms with Crippen LogP contribution in [0.15, 0.2) is 14.7 Å². The second kappa shape index (κ2) is 6.22. The Morgan fingerprint density at radius 3 is 2.63 bits per heavy atom. The van der Waals surface area contributed by atoms with Gasteiger partial charge in [0.2, 0.25) is 10.0 Å². The van der Waals surface area contributed by atoms with Crippen LogP contribution in [0.1, 0.15) is 30.6 Å². The quantitative estimate of drug-likeness (QED) is 0.871. The first-order valence-corrected chi connectivity index (χ1v) is 9.44. The van der Waals surface area contributed by atoms with Crippen molar-refractivity contribution >= 4 is 37.3 Å². The number of hydrogen-bond acceptors (Lipinski definition) is 4. The molecule has 1 fully saturated rings. The summed E-state index contributed by atoms with van der Waals surface area (Å²) < 4.78 is 27.2. The summed E-state index contributed by atoms with van der Waals surface area (Å²) in [5.74, 6) is 0.506. The fourth-order valence-electron chi connectivity index (χ4n) is 2.50. The zero-order chi connectivity index (χ0) is 14.0. The van der Waals surface area contributed by atoms with Gasteiger partial charge in [-0.3, -0.25) is 0 Å². The monoisotopic (exact) mass is 366 g/mol. The van der Waals surface area contributed by atoms with E-state index in [0.29, 0.717) is 27.7 Å². The zero-order valence-electron chi connectivity index (χ0n) is 10.9. The van der Waals surface area contributed by atoms with E-state index in [1.165, 1.54) is 28.5 Å². The van der Waals surface area contributed by atoms with E-state index >= 15 is 0 Å². The van der Waals surface area contributed by atoms with Crippen molar-refractivity contribution in [3.63, 3.8) is 0 Å². The van der Waals surface area contributed by atoms with Crippen molar-refractivity contribution in [3.05, 3.63) is 14.7 Å². The number of halogens is 1. The Morgan fingerprint density at radius 1 is 1.47 bits per heavy atom. The van der Waals surface area contributed by atoms with Crippen LogP contribution in [0.4, 0.5) is 0 Å². The van der Waals surface area contributed by atoms with E-state index in [2.05, 4.69) is 15.9 Å². The van der Waals surface area contributed by atoms with E-state index in [-0.39, 0.29) is 0 Å². The van der Waals surface area contributed by atoms with Crippen molar-refractivity contribution < 1.29 is 8.42 Å². The molecule has 0 unspecified atom stereocenters. The van der Waals surface area contributed by atoms with Gasteiger partial charge in [-0.2, -0.15) is 0 Å². The Bertz CT molecular complexity index is 536. The molecule has 1 aromatic heterocycles. The van der Waals surface area contributed by atoms with Crippen LogP contribution in [0.25, 0.3) is 0 Å². The molecule has 1 saturated carbocycles. The van der Waals surface area contributed by atoms with Gasteiger partial charge in [0.15, 0.2) is 0 Å². The van der Waals surface area contributed by atoms with Crippen molar-refractivity contribution in [1.29, 1.82) is 0 Å². The average molecular weight is 367 g/mol. The molecule has 0 aliphatic heterocycles. The third kappa shape index (κ3) is 3.39. The lowest BCUT2D eigenvalue weighted by Crippen LogP contribution is -2.31. The third-order valence-corrected chi connectivity index (χ3v) is 7.68. The number of thiophene rings is 1. The molecule has 1 aromatic rings. The maximum Gasteiger partial charge on any atom is 0.244 e. The highest BCUT2D eigenvalue weighted by atomic mass is 79.9. The van der Waals surface area contributed by atoms with E-state index in [4.69, 9.17) is 5.73 Å². The summed E-state index contributed by atoms with van der Waals surface area (Å²) in [7, 11) is -1.74. The minimum absolute atomic E-state index is 0.346. The highest BCUT2D eigenvalue weighted by molar-refractivity contribution is 9.11. The van der Waals surface area contributed by atoms with Crippen LogP contribution in [0.3, 0.4) is 0 Å². The van der Waals surface area contributed by atoms with Crippen LogP contribution >= 0.6 is 27.3 Å². The van der Waals surface area contributed by atoms with Crippen molar-refractivity contribution in [1.82, 2.24) is 4.31 Å². The van der Waals surface area contributed by atoms with Gasteiger partial charge in [-0.15, -0.1) is 11.3 Å². The van der Waals surface area contributed by atoms with Gasteiger partial charge in [-0.25, -0.2) is 12.7 Å². The van der Waals surface area contributed by atoms with Crippen molar-refractivity contribution in [2.24, 2.45) is 11.7 Å². The number of rotatable bonds is 5. The van der Waals surface area contributed by atoms with E-state index in [9.17, 15) is 8.42 Å². The van der Waals surface area contributed by atoms with E-state index < -0.39 is 10.0 Å². The summed E-state index contributed by atoms with van der Waals surface area (Å²) in [5, 5.41) is 0. The molecule has 1 aliphatic rings. The minimum Gasteiger partial charge on any atom is -0.326 e. The molecule has 0 radical (unpaired) electrons. The number of nitrogens with zero attached hydrogens (tertiary/aromatic N) is 1. The van der Waals surface area contributed by atoms with E-state index in [0.717, 1.165) is 17.7 Å². The lowest BCUT2D eigenvalue weighted by molar-refractivity contribution is 0.387. The number of hydrogen-bond donors (Lipinski definition) is 1. The Labute approximate surface area is 127 Å². The summed E-state index contributed by atoms with van der Waals surface area (Å²) in [6.07, 6.45) is 4.72. The third-order valence-electron chi connectivity index (χ3n) is 3.59. The molecule has 0 amide bonds. The number of sulfonamides is 1. The van der Waals surface area contributed by atoms with Gasteiger partial charge in [0.1, 0.15) is 4.90 Å². The first kappa shape index (κ1) is 15.4. The second-order valence-electron chi connectivity index (χ2n) is 4.99. The Hall–Kier alpha value is 0.0500. The molecule has 0 atom stereocenters. The molecule has 2 N–H and O–H groups in total. The maximum atomic E-state index is 12.5. The van der Waals surface area contributed by atoms with Crippen LogP contribution in [0.5, 0.6) is 0 Å². The van der Waals surface area contributed by atoms with Gasteiger partial charge in [-0.05, 0) is 40.8 Å². The molecule has 1 aliphatic carbocycles. The van der Waals surface area contributed by atoms with Crippen molar-refractivity contribution in [3.8, 4) is 0 Å². The molecule has 0 aromatic carbocycles. The SMILES string of the molecule is CN(CC1CCCC1)S(=O)(=O)c1cc(CN)sc1Br. The van der Waals surface area contributed by atoms with E-state index in [1.807, 2.05) is 0 Å². The van der Waals surface area contributed by atoms with Crippen LogP contribution in [0, 0.1) is 5.92 Å². The van der Waals surface area contributed by atoms with E-state index in [1.54, 1.807) is 13.1 Å². The highest BCUT2D eigenvalue weighted by Gasteiger charge is 2.28. The molecule has 0 spiro atoms. The van der Waals surface area contributed by atoms with Gasteiger partial charge in [0.25, 0.3) is 0 Å². The lowest BCUT2D eigenvalue weighted by atomic mass is 10.1. The first-order valence-electron chi connectivity index (χ1n) is 6.39. The molecule has 2 rings (SSSR count). The Kier molecular flexibility index (Phi) is 5.05. The molecular weight excluding hydrogens is 348 g/mol. The van der Waals surface area contributed by atoms with Gasteiger partial charge >= 0.3 is 0 Å². The molecule has 4 nitrogen and oxygen atoms in total. The van der Waals surface area contributed by atoms with Gasteiger partial charge in [0.05, 0.1) is 3.79 Å². The first-order chi connectivity index (χ1) is 8.95. The molecule has 1 heterocycles. The predicted molar refractivity (Wildman–Crippen MR) is 81.7 cm³/mol. The summed E-state index contributed by atoms with van der Waals surface area (Å²) in [6, 6.07) is 1.68. The van der Waals surface area contributed by atoms with Crippen LogP contribution in [-0.4, -0.2) is 26.3 Å². The fraction of sp³-hybridized carbons (Fsp3) is 0.667. The van der Waals surface area contributed by atoms with Crippen molar-refractivity contribution in [2.75, 3.05) is 13.6 Å². The molecule has 0 saturated heterocycles. The lowest BCUT2D eigenvalue weighted by Gasteiger charge is -2.20. The molecule has 19 heavy (non-hydrogen) atoms. The van der Waals surface area contributed by atoms with Crippen LogP contribution in [-0.2, 0) is 16.6 Å².